The minimum atomic E-state index is -1.95. The lowest BCUT2D eigenvalue weighted by molar-refractivity contribution is 0.0237. The van der Waals surface area contributed by atoms with Crippen LogP contribution in [0.15, 0.2) is 0 Å². The molecule has 2 heterocycles. The lowest BCUT2D eigenvalue weighted by Crippen LogP contribution is -2.44. The largest absolute Gasteiger partial charge is 0.492 e. The molecule has 2 amide bonds. The molecule has 1 aliphatic heterocycles. The third-order valence-electron chi connectivity index (χ3n) is 6.39. The summed E-state index contributed by atoms with van der Waals surface area (Å²) in [5.74, 6) is -0.425. The maximum Gasteiger partial charge on any atom is 0.492 e. The van der Waals surface area contributed by atoms with Gasteiger partial charge < -0.3 is 29.0 Å². The van der Waals surface area contributed by atoms with E-state index in [1.807, 2.05) is 0 Å². The maximum atomic E-state index is 13.2. The van der Waals surface area contributed by atoms with Gasteiger partial charge in [0.05, 0.1) is 18.8 Å². The van der Waals surface area contributed by atoms with Crippen molar-refractivity contribution < 1.29 is 28.8 Å². The highest BCUT2D eigenvalue weighted by atomic mass is 28.4. The number of ether oxygens (including phenoxy) is 1. The van der Waals surface area contributed by atoms with Crippen LogP contribution in [-0.4, -0.2) is 89.4 Å². The number of aromatic nitrogens is 2. The molecule has 0 radical (unpaired) electrons. The van der Waals surface area contributed by atoms with E-state index in [1.54, 1.807) is 32.5 Å². The Morgan fingerprint density at radius 3 is 2.29 bits per heavy atom. The molecular weight excluding hydrogens is 455 g/mol. The molecule has 10 nitrogen and oxygen atoms in total. The first kappa shape index (κ1) is 28.3. The molecule has 0 fully saturated rings. The molecule has 0 unspecified atom stereocenters. The Morgan fingerprint density at radius 1 is 1.15 bits per heavy atom. The Morgan fingerprint density at radius 2 is 1.76 bits per heavy atom. The van der Waals surface area contributed by atoms with E-state index in [0.717, 1.165) is 0 Å². The molecule has 192 valence electrons. The summed E-state index contributed by atoms with van der Waals surface area (Å²) < 4.78 is 13.2. The molecule has 0 spiro atoms. The molecule has 0 atom stereocenters. The van der Waals surface area contributed by atoms with Crippen LogP contribution < -0.4 is 5.46 Å². The Bertz CT molecular complexity index is 891. The number of carbonyl (C=O) groups excluding carboxylic acids is 2. The highest BCUT2D eigenvalue weighted by Gasteiger charge is 2.38. The van der Waals surface area contributed by atoms with Gasteiger partial charge in [-0.1, -0.05) is 20.8 Å². The van der Waals surface area contributed by atoms with E-state index in [0.29, 0.717) is 38.4 Å². The van der Waals surface area contributed by atoms with Gasteiger partial charge >= 0.3 is 13.2 Å². The van der Waals surface area contributed by atoms with Crippen LogP contribution in [0, 0.1) is 0 Å². The van der Waals surface area contributed by atoms with E-state index in [1.165, 1.54) is 9.80 Å². The molecule has 2 N–H and O–H groups in total. The van der Waals surface area contributed by atoms with Crippen molar-refractivity contribution in [2.45, 2.75) is 84.8 Å². The maximum absolute atomic E-state index is 13.2. The molecule has 0 aromatic carbocycles. The molecule has 0 aliphatic carbocycles. The lowest BCUT2D eigenvalue weighted by Gasteiger charge is -2.36. The molecule has 1 aliphatic rings. The summed E-state index contributed by atoms with van der Waals surface area (Å²) in [7, 11) is -2.21. The molecule has 0 saturated heterocycles. The van der Waals surface area contributed by atoms with E-state index >= 15 is 0 Å². The Balaban J connectivity index is 2.22. The SMILES string of the molecule is CN(CCO[Si](C)(C)C(C)(C)C)C(=O)c1nn2c(c1B(O)O)CN(C(=O)OC(C)(C)C)CCC2. The molecule has 1 aromatic rings. The van der Waals surface area contributed by atoms with E-state index in [-0.39, 0.29) is 22.7 Å². The zero-order valence-corrected chi connectivity index (χ0v) is 23.1. The van der Waals surface area contributed by atoms with Crippen molar-refractivity contribution in [2.75, 3.05) is 26.7 Å². The minimum Gasteiger partial charge on any atom is -0.444 e. The Hall–Kier alpha value is -1.89. The predicted molar refractivity (Wildman–Crippen MR) is 133 cm³/mol. The van der Waals surface area contributed by atoms with Crippen LogP contribution in [0.1, 0.15) is 64.1 Å². The van der Waals surface area contributed by atoms with Gasteiger partial charge in [0.25, 0.3) is 5.91 Å². The first-order valence-electron chi connectivity index (χ1n) is 11.8. The topological polar surface area (TPSA) is 117 Å². The second kappa shape index (κ2) is 10.4. The monoisotopic (exact) mass is 496 g/mol. The van der Waals surface area contributed by atoms with Gasteiger partial charge in [0.2, 0.25) is 0 Å². The van der Waals surface area contributed by atoms with Crippen molar-refractivity contribution in [2.24, 2.45) is 0 Å². The number of aryl methyl sites for hydroxylation is 1. The van der Waals surface area contributed by atoms with Gasteiger partial charge in [-0.25, -0.2) is 4.79 Å². The smallest absolute Gasteiger partial charge is 0.444 e. The Kier molecular flexibility index (Phi) is 8.66. The Labute approximate surface area is 204 Å². The molecule has 1 aromatic heterocycles. The summed E-state index contributed by atoms with van der Waals surface area (Å²) >= 11 is 0. The second-order valence-electron chi connectivity index (χ2n) is 11.4. The van der Waals surface area contributed by atoms with E-state index < -0.39 is 33.0 Å². The number of rotatable bonds is 6. The molecule has 0 saturated carbocycles. The van der Waals surface area contributed by atoms with Crippen molar-refractivity contribution in [3.05, 3.63) is 11.4 Å². The quantitative estimate of drug-likeness (QED) is 0.577. The van der Waals surface area contributed by atoms with Crippen LogP contribution in [0.4, 0.5) is 4.79 Å². The molecular formula is C22H41BN4O6Si. The van der Waals surface area contributed by atoms with Crippen LogP contribution in [-0.2, 0) is 22.3 Å². The number of amides is 2. The van der Waals surface area contributed by atoms with E-state index in [4.69, 9.17) is 9.16 Å². The molecule has 34 heavy (non-hydrogen) atoms. The normalized spacial score (nSPS) is 15.0. The van der Waals surface area contributed by atoms with Crippen molar-refractivity contribution in [1.29, 1.82) is 0 Å². The van der Waals surface area contributed by atoms with Crippen LogP contribution in [0.25, 0.3) is 0 Å². The highest BCUT2D eigenvalue weighted by Crippen LogP contribution is 2.36. The van der Waals surface area contributed by atoms with Gasteiger partial charge in [-0.2, -0.15) is 5.10 Å². The second-order valence-corrected chi connectivity index (χ2v) is 16.2. The highest BCUT2D eigenvalue weighted by molar-refractivity contribution is 6.74. The standard InChI is InChI=1S/C22H41BN4O6Si/c1-21(2,3)33-20(29)26-11-10-12-27-16(15-26)17(23(30)31)18(24-27)19(28)25(7)13-14-32-34(8,9)22(4,5)6/h30-31H,10-15H2,1-9H3. The zero-order valence-electron chi connectivity index (χ0n) is 22.1. The van der Waals surface area contributed by atoms with Gasteiger partial charge in [0.15, 0.2) is 14.0 Å². The first-order valence-corrected chi connectivity index (χ1v) is 14.7. The fraction of sp³-hybridized carbons (Fsp3) is 0.773. The molecule has 0 bridgehead atoms. The van der Waals surface area contributed by atoms with Gasteiger partial charge in [0.1, 0.15) is 5.60 Å². The van der Waals surface area contributed by atoms with Crippen molar-refractivity contribution in [3.63, 3.8) is 0 Å². The number of likely N-dealkylation sites (N-methyl/N-ethyl adjacent to an activating group) is 1. The lowest BCUT2D eigenvalue weighted by atomic mass is 9.77. The number of carbonyl (C=O) groups is 2. The van der Waals surface area contributed by atoms with Gasteiger partial charge in [-0.15, -0.1) is 0 Å². The summed E-state index contributed by atoms with van der Waals surface area (Å²) in [6.45, 7) is 17.8. The first-order chi connectivity index (χ1) is 15.4. The van der Waals surface area contributed by atoms with Crippen molar-refractivity contribution in [1.82, 2.24) is 19.6 Å². The fourth-order valence-corrected chi connectivity index (χ4v) is 4.42. The van der Waals surface area contributed by atoms with E-state index in [2.05, 4.69) is 39.0 Å². The fourth-order valence-electron chi connectivity index (χ4n) is 3.38. The summed E-state index contributed by atoms with van der Waals surface area (Å²) in [4.78, 5) is 28.8. The van der Waals surface area contributed by atoms with Crippen molar-refractivity contribution in [3.8, 4) is 0 Å². The summed E-state index contributed by atoms with van der Waals surface area (Å²) in [6, 6.07) is 0. The van der Waals surface area contributed by atoms with Gasteiger partial charge in [-0.3, -0.25) is 9.48 Å². The zero-order chi connectivity index (χ0) is 26.1. The summed E-state index contributed by atoms with van der Waals surface area (Å²) in [6.07, 6.45) is 0.104. The average molecular weight is 496 g/mol. The van der Waals surface area contributed by atoms with Crippen LogP contribution >= 0.6 is 0 Å². The van der Waals surface area contributed by atoms with Crippen molar-refractivity contribution >= 4 is 32.9 Å². The molecule has 2 rings (SSSR count). The number of nitrogens with zero attached hydrogens (tertiary/aromatic N) is 4. The number of hydrogen-bond acceptors (Lipinski definition) is 7. The van der Waals surface area contributed by atoms with Gasteiger partial charge in [0, 0.05) is 32.1 Å². The van der Waals surface area contributed by atoms with Crippen LogP contribution in [0.2, 0.25) is 18.1 Å². The molecule has 12 heteroatoms. The summed E-state index contributed by atoms with van der Waals surface area (Å²) in [5.41, 5.74) is -0.227. The number of hydrogen-bond donors (Lipinski definition) is 2. The average Bonchev–Trinajstić information content (AvgIpc) is 2.89. The third kappa shape index (κ3) is 6.83. The van der Waals surface area contributed by atoms with E-state index in [9.17, 15) is 19.6 Å². The third-order valence-corrected chi connectivity index (χ3v) is 10.9. The predicted octanol–water partition coefficient (Wildman–Crippen LogP) is 1.80. The van der Waals surface area contributed by atoms with Crippen LogP contribution in [0.3, 0.4) is 0 Å². The van der Waals surface area contributed by atoms with Gasteiger partial charge in [-0.05, 0) is 45.3 Å². The van der Waals surface area contributed by atoms with Crippen LogP contribution in [0.5, 0.6) is 0 Å². The summed E-state index contributed by atoms with van der Waals surface area (Å²) in [5, 5.41) is 24.7. The minimum absolute atomic E-state index is 0.0223. The number of fused-ring (bicyclic) bond motifs is 1.